The largest absolute Gasteiger partial charge is 0.380 e. The normalized spacial score (nSPS) is 13.1. The molecule has 1 atom stereocenters. The van der Waals surface area contributed by atoms with Crippen molar-refractivity contribution in [2.24, 2.45) is 13.0 Å². The fourth-order valence-corrected chi connectivity index (χ4v) is 1.84. The van der Waals surface area contributed by atoms with Gasteiger partial charge in [-0.2, -0.15) is 5.10 Å². The Morgan fingerprint density at radius 3 is 2.56 bits per heavy atom. The summed E-state index contributed by atoms with van der Waals surface area (Å²) in [5.74, 6) is 0.781. The summed E-state index contributed by atoms with van der Waals surface area (Å²) in [6.07, 6.45) is 5.55. The third-order valence-corrected chi connectivity index (χ3v) is 2.82. The number of aryl methyl sites for hydroxylation is 2. The van der Waals surface area contributed by atoms with E-state index < -0.39 is 0 Å². The Kier molecular flexibility index (Phi) is 4.84. The van der Waals surface area contributed by atoms with E-state index >= 15 is 0 Å². The molecule has 0 amide bonds. The first-order valence-corrected chi connectivity index (χ1v) is 6.32. The SMILES string of the molecule is CCc1nn(C)cc1NC(C)CCC(C)C. The Morgan fingerprint density at radius 2 is 2.00 bits per heavy atom. The van der Waals surface area contributed by atoms with Crippen LogP contribution >= 0.6 is 0 Å². The van der Waals surface area contributed by atoms with E-state index in [1.165, 1.54) is 24.2 Å². The number of anilines is 1. The highest BCUT2D eigenvalue weighted by molar-refractivity contribution is 5.46. The summed E-state index contributed by atoms with van der Waals surface area (Å²) in [5.41, 5.74) is 2.36. The second kappa shape index (κ2) is 5.92. The van der Waals surface area contributed by atoms with E-state index in [9.17, 15) is 0 Å². The van der Waals surface area contributed by atoms with Crippen molar-refractivity contribution < 1.29 is 0 Å². The van der Waals surface area contributed by atoms with Crippen molar-refractivity contribution in [3.8, 4) is 0 Å². The smallest absolute Gasteiger partial charge is 0.0853 e. The lowest BCUT2D eigenvalue weighted by molar-refractivity contribution is 0.527. The third-order valence-electron chi connectivity index (χ3n) is 2.82. The van der Waals surface area contributed by atoms with Crippen LogP contribution in [0.5, 0.6) is 0 Å². The predicted molar refractivity (Wildman–Crippen MR) is 69.7 cm³/mol. The molecule has 0 radical (unpaired) electrons. The van der Waals surface area contributed by atoms with Gasteiger partial charge in [0.15, 0.2) is 0 Å². The van der Waals surface area contributed by atoms with Crippen LogP contribution in [-0.4, -0.2) is 15.8 Å². The van der Waals surface area contributed by atoms with Gasteiger partial charge < -0.3 is 5.32 Å². The van der Waals surface area contributed by atoms with Crippen LogP contribution in [0.4, 0.5) is 5.69 Å². The van der Waals surface area contributed by atoms with Crippen molar-refractivity contribution in [2.45, 2.75) is 53.0 Å². The molecule has 1 aromatic heterocycles. The molecule has 3 nitrogen and oxygen atoms in total. The van der Waals surface area contributed by atoms with Crippen LogP contribution < -0.4 is 5.32 Å². The van der Waals surface area contributed by atoms with E-state index in [0.29, 0.717) is 6.04 Å². The Labute approximate surface area is 99.2 Å². The highest BCUT2D eigenvalue weighted by Crippen LogP contribution is 2.17. The molecule has 0 saturated heterocycles. The Hall–Kier alpha value is -0.990. The summed E-state index contributed by atoms with van der Waals surface area (Å²) in [6.45, 7) is 8.93. The van der Waals surface area contributed by atoms with Gasteiger partial charge in [-0.3, -0.25) is 4.68 Å². The molecule has 3 heteroatoms. The summed E-state index contributed by atoms with van der Waals surface area (Å²) in [6, 6.07) is 0.525. The number of rotatable bonds is 6. The van der Waals surface area contributed by atoms with Gasteiger partial charge in [0, 0.05) is 19.3 Å². The van der Waals surface area contributed by atoms with Gasteiger partial charge in [-0.1, -0.05) is 20.8 Å². The van der Waals surface area contributed by atoms with E-state index in [1.807, 2.05) is 11.7 Å². The summed E-state index contributed by atoms with van der Waals surface area (Å²) < 4.78 is 1.89. The second-order valence-corrected chi connectivity index (χ2v) is 5.03. The van der Waals surface area contributed by atoms with E-state index in [-0.39, 0.29) is 0 Å². The van der Waals surface area contributed by atoms with Crippen molar-refractivity contribution in [3.63, 3.8) is 0 Å². The third kappa shape index (κ3) is 3.87. The number of nitrogens with one attached hydrogen (secondary N) is 1. The first kappa shape index (κ1) is 13.1. The van der Waals surface area contributed by atoms with Crippen LogP contribution in [0, 0.1) is 5.92 Å². The van der Waals surface area contributed by atoms with Gasteiger partial charge in [-0.15, -0.1) is 0 Å². The van der Waals surface area contributed by atoms with Gasteiger partial charge in [0.2, 0.25) is 0 Å². The van der Waals surface area contributed by atoms with Gasteiger partial charge >= 0.3 is 0 Å². The fourth-order valence-electron chi connectivity index (χ4n) is 1.84. The minimum Gasteiger partial charge on any atom is -0.380 e. The lowest BCUT2D eigenvalue weighted by atomic mass is 10.0. The van der Waals surface area contributed by atoms with E-state index in [0.717, 1.165) is 12.3 Å². The van der Waals surface area contributed by atoms with Crippen LogP contribution in [0.2, 0.25) is 0 Å². The summed E-state index contributed by atoms with van der Waals surface area (Å²) in [4.78, 5) is 0. The molecule has 1 unspecified atom stereocenters. The number of hydrogen-bond donors (Lipinski definition) is 1. The predicted octanol–water partition coefficient (Wildman–Crippen LogP) is 3.22. The molecule has 0 saturated carbocycles. The van der Waals surface area contributed by atoms with Crippen molar-refractivity contribution in [2.75, 3.05) is 5.32 Å². The molecule has 1 heterocycles. The van der Waals surface area contributed by atoms with Gasteiger partial charge in [-0.25, -0.2) is 0 Å². The summed E-state index contributed by atoms with van der Waals surface area (Å²) in [5, 5.41) is 7.99. The van der Waals surface area contributed by atoms with Gasteiger partial charge in [0.05, 0.1) is 11.4 Å². The standard InChI is InChI=1S/C13H25N3/c1-6-12-13(9-16(5)15-12)14-11(4)8-7-10(2)3/h9-11,14H,6-8H2,1-5H3. The highest BCUT2D eigenvalue weighted by Gasteiger charge is 2.09. The molecule has 92 valence electrons. The summed E-state index contributed by atoms with van der Waals surface area (Å²) >= 11 is 0. The second-order valence-electron chi connectivity index (χ2n) is 5.03. The maximum atomic E-state index is 4.43. The van der Waals surface area contributed by atoms with Crippen LogP contribution in [0.15, 0.2) is 6.20 Å². The maximum Gasteiger partial charge on any atom is 0.0853 e. The topological polar surface area (TPSA) is 29.9 Å². The number of hydrogen-bond acceptors (Lipinski definition) is 2. The Bertz CT molecular complexity index is 315. The van der Waals surface area contributed by atoms with E-state index in [4.69, 9.17) is 0 Å². The molecule has 0 aliphatic carbocycles. The molecule has 0 aliphatic rings. The average molecular weight is 223 g/mol. The maximum absolute atomic E-state index is 4.43. The van der Waals surface area contributed by atoms with Gasteiger partial charge in [0.1, 0.15) is 0 Å². The van der Waals surface area contributed by atoms with Gasteiger partial charge in [-0.05, 0) is 32.1 Å². The zero-order valence-electron chi connectivity index (χ0n) is 11.2. The number of aromatic nitrogens is 2. The lowest BCUT2D eigenvalue weighted by Crippen LogP contribution is -2.16. The molecule has 0 spiro atoms. The molecule has 1 N–H and O–H groups in total. The Balaban J connectivity index is 2.51. The zero-order valence-corrected chi connectivity index (χ0v) is 11.2. The molecule has 16 heavy (non-hydrogen) atoms. The molecular weight excluding hydrogens is 198 g/mol. The molecule has 0 fully saturated rings. The minimum atomic E-state index is 0.525. The molecule has 0 aromatic carbocycles. The van der Waals surface area contributed by atoms with Gasteiger partial charge in [0.25, 0.3) is 0 Å². The first-order valence-electron chi connectivity index (χ1n) is 6.32. The minimum absolute atomic E-state index is 0.525. The average Bonchev–Trinajstić information content (AvgIpc) is 2.55. The summed E-state index contributed by atoms with van der Waals surface area (Å²) in [7, 11) is 1.98. The van der Waals surface area contributed by atoms with E-state index in [1.54, 1.807) is 0 Å². The quantitative estimate of drug-likeness (QED) is 0.802. The van der Waals surface area contributed by atoms with Crippen LogP contribution in [0.25, 0.3) is 0 Å². The zero-order chi connectivity index (χ0) is 12.1. The molecular formula is C13H25N3. The molecule has 1 rings (SSSR count). The van der Waals surface area contributed by atoms with Crippen LogP contribution in [-0.2, 0) is 13.5 Å². The van der Waals surface area contributed by atoms with Crippen LogP contribution in [0.3, 0.4) is 0 Å². The fraction of sp³-hybridized carbons (Fsp3) is 0.769. The Morgan fingerprint density at radius 1 is 1.31 bits per heavy atom. The van der Waals surface area contributed by atoms with Crippen LogP contribution in [0.1, 0.15) is 46.2 Å². The van der Waals surface area contributed by atoms with E-state index in [2.05, 4.69) is 44.3 Å². The van der Waals surface area contributed by atoms with Crippen molar-refractivity contribution >= 4 is 5.69 Å². The molecule has 0 aliphatic heterocycles. The monoisotopic (exact) mass is 223 g/mol. The van der Waals surface area contributed by atoms with Crippen molar-refractivity contribution in [3.05, 3.63) is 11.9 Å². The molecule has 0 bridgehead atoms. The molecule has 1 aromatic rings. The lowest BCUT2D eigenvalue weighted by Gasteiger charge is -2.15. The number of nitrogens with zero attached hydrogens (tertiary/aromatic N) is 2. The van der Waals surface area contributed by atoms with Crippen molar-refractivity contribution in [1.82, 2.24) is 9.78 Å². The van der Waals surface area contributed by atoms with Crippen molar-refractivity contribution in [1.29, 1.82) is 0 Å². The highest BCUT2D eigenvalue weighted by atomic mass is 15.3. The first-order chi connectivity index (χ1) is 7.52.